The van der Waals surface area contributed by atoms with Gasteiger partial charge < -0.3 is 19.5 Å². The van der Waals surface area contributed by atoms with Gasteiger partial charge >= 0.3 is 12.3 Å². The number of rotatable bonds is 8. The van der Waals surface area contributed by atoms with E-state index in [4.69, 9.17) is 9.72 Å². The van der Waals surface area contributed by atoms with Crippen LogP contribution >= 0.6 is 0 Å². The lowest BCUT2D eigenvalue weighted by Crippen LogP contribution is -2.47. The van der Waals surface area contributed by atoms with Crippen LogP contribution in [0.3, 0.4) is 0 Å². The van der Waals surface area contributed by atoms with Crippen molar-refractivity contribution in [1.82, 2.24) is 19.8 Å². The summed E-state index contributed by atoms with van der Waals surface area (Å²) in [7, 11) is 1.90. The predicted molar refractivity (Wildman–Crippen MR) is 156 cm³/mol. The summed E-state index contributed by atoms with van der Waals surface area (Å²) in [5, 5.41) is 1.89. The van der Waals surface area contributed by atoms with Gasteiger partial charge in [0.1, 0.15) is 12.4 Å². The van der Waals surface area contributed by atoms with Crippen molar-refractivity contribution in [2.75, 3.05) is 44.2 Å². The summed E-state index contributed by atoms with van der Waals surface area (Å²) >= 11 is 0. The predicted octanol–water partition coefficient (Wildman–Crippen LogP) is 6.22. The van der Waals surface area contributed by atoms with Gasteiger partial charge in [-0.25, -0.2) is 14.2 Å². The number of fused-ring (bicyclic) bond motifs is 4. The van der Waals surface area contributed by atoms with Crippen LogP contribution in [0.25, 0.3) is 22.2 Å². The summed E-state index contributed by atoms with van der Waals surface area (Å²) in [4.78, 5) is 22.0. The molecule has 2 heterocycles. The fraction of sp³-hybridized carbons (Fsp3) is 0.375. The molecule has 0 unspecified atom stereocenters. The van der Waals surface area contributed by atoms with E-state index in [2.05, 4.69) is 9.80 Å². The summed E-state index contributed by atoms with van der Waals surface area (Å²) in [6, 6.07) is 19.8. The fourth-order valence-corrected chi connectivity index (χ4v) is 6.40. The highest BCUT2D eigenvalue weighted by atomic mass is 19.4. The SMILES string of the molecule is Cn1c(N2CCN(CCCCC3(OC(=O)NCC(F)(F)F)c4ccccc4-c4ccccc43)CC2)nc2ccc(F)cc21. The molecule has 226 valence electrons. The van der Waals surface area contributed by atoms with E-state index in [1.165, 1.54) is 12.1 Å². The molecule has 3 aromatic carbocycles. The molecule has 0 saturated carbocycles. The van der Waals surface area contributed by atoms with Crippen molar-refractivity contribution >= 4 is 23.1 Å². The molecule has 11 heteroatoms. The van der Waals surface area contributed by atoms with E-state index in [0.29, 0.717) is 12.8 Å². The minimum atomic E-state index is -4.54. The number of halogens is 4. The zero-order chi connectivity index (χ0) is 30.2. The molecule has 7 nitrogen and oxygen atoms in total. The van der Waals surface area contributed by atoms with Crippen LogP contribution in [0.1, 0.15) is 30.4 Å². The van der Waals surface area contributed by atoms with Crippen LogP contribution in [-0.2, 0) is 17.4 Å². The first-order chi connectivity index (χ1) is 20.6. The number of imidazole rings is 1. The number of carbonyl (C=O) groups excluding carboxylic acids is 1. The molecule has 1 amide bonds. The van der Waals surface area contributed by atoms with Gasteiger partial charge in [-0.2, -0.15) is 13.2 Å². The number of nitrogens with zero attached hydrogens (tertiary/aromatic N) is 4. The molecule has 4 aromatic rings. The van der Waals surface area contributed by atoms with Crippen molar-refractivity contribution in [2.24, 2.45) is 7.05 Å². The maximum Gasteiger partial charge on any atom is 0.408 e. The Morgan fingerprint density at radius 2 is 1.60 bits per heavy atom. The maximum atomic E-state index is 13.7. The third-order valence-corrected chi connectivity index (χ3v) is 8.44. The largest absolute Gasteiger partial charge is 0.433 e. The molecule has 1 aliphatic heterocycles. The molecule has 1 aliphatic carbocycles. The number of carbonyl (C=O) groups is 1. The summed E-state index contributed by atoms with van der Waals surface area (Å²) in [5.41, 5.74) is 3.75. The number of unbranched alkanes of at least 4 members (excludes halogenated alkanes) is 1. The number of hydrogen-bond acceptors (Lipinski definition) is 5. The normalized spacial score (nSPS) is 16.3. The number of amides is 1. The Balaban J connectivity index is 1.11. The van der Waals surface area contributed by atoms with E-state index in [1.54, 1.807) is 6.07 Å². The smallest absolute Gasteiger partial charge is 0.408 e. The van der Waals surface area contributed by atoms with Gasteiger partial charge in [0.2, 0.25) is 5.95 Å². The number of hydrogen-bond donors (Lipinski definition) is 1. The highest BCUT2D eigenvalue weighted by Crippen LogP contribution is 2.52. The van der Waals surface area contributed by atoms with Gasteiger partial charge in [0.05, 0.1) is 11.0 Å². The van der Waals surface area contributed by atoms with Crippen molar-refractivity contribution in [2.45, 2.75) is 31.0 Å². The van der Waals surface area contributed by atoms with E-state index in [9.17, 15) is 22.4 Å². The number of piperazine rings is 1. The second-order valence-corrected chi connectivity index (χ2v) is 11.2. The molecular formula is C32H33F4N5O2. The summed E-state index contributed by atoms with van der Waals surface area (Å²) in [5.74, 6) is 0.535. The Hall–Kier alpha value is -4.12. The van der Waals surface area contributed by atoms with E-state index in [-0.39, 0.29) is 5.82 Å². The van der Waals surface area contributed by atoms with Crippen LogP contribution in [0, 0.1) is 5.82 Å². The van der Waals surface area contributed by atoms with Crippen molar-refractivity contribution in [3.63, 3.8) is 0 Å². The molecule has 1 aromatic heterocycles. The van der Waals surface area contributed by atoms with Gasteiger partial charge in [0, 0.05) is 44.4 Å². The minimum absolute atomic E-state index is 0.287. The number of nitrogens with one attached hydrogen (secondary N) is 1. The average Bonchev–Trinajstić information content (AvgIpc) is 3.46. The Labute approximate surface area is 247 Å². The molecule has 43 heavy (non-hydrogen) atoms. The molecule has 1 saturated heterocycles. The van der Waals surface area contributed by atoms with Gasteiger partial charge in [-0.1, -0.05) is 48.5 Å². The van der Waals surface area contributed by atoms with Crippen molar-refractivity contribution in [1.29, 1.82) is 0 Å². The van der Waals surface area contributed by atoms with E-state index in [1.807, 2.05) is 65.5 Å². The molecular weight excluding hydrogens is 562 g/mol. The zero-order valence-corrected chi connectivity index (χ0v) is 23.8. The van der Waals surface area contributed by atoms with Gasteiger partial charge in [-0.15, -0.1) is 0 Å². The number of alkyl carbamates (subject to hydrolysis) is 1. The lowest BCUT2D eigenvalue weighted by molar-refractivity contribution is -0.124. The number of benzene rings is 3. The third kappa shape index (κ3) is 5.78. The first kappa shape index (κ1) is 29.0. The molecule has 6 rings (SSSR count). The topological polar surface area (TPSA) is 62.6 Å². The summed E-state index contributed by atoms with van der Waals surface area (Å²) in [6.07, 6.45) is -3.67. The molecule has 0 radical (unpaired) electrons. The molecule has 0 spiro atoms. The molecule has 2 aliphatic rings. The van der Waals surface area contributed by atoms with Crippen molar-refractivity contribution in [3.05, 3.63) is 83.7 Å². The molecule has 0 atom stereocenters. The van der Waals surface area contributed by atoms with Gasteiger partial charge in [0.25, 0.3) is 0 Å². The quantitative estimate of drug-likeness (QED) is 0.194. The number of ether oxygens (including phenoxy) is 1. The standard InChI is InChI=1S/C32H33F4N5O2/c1-39-28-20-22(33)12-13-27(28)38-29(39)41-18-16-40(17-19-41)15-7-6-14-31(43-30(42)37-21-32(34,35)36)25-10-4-2-8-23(25)24-9-3-5-11-26(24)31/h2-5,8-13,20H,6-7,14-19,21H2,1H3,(H,37,42). The highest BCUT2D eigenvalue weighted by molar-refractivity contribution is 5.82. The van der Waals surface area contributed by atoms with E-state index < -0.39 is 24.4 Å². The van der Waals surface area contributed by atoms with Crippen LogP contribution in [0.5, 0.6) is 0 Å². The number of alkyl halides is 3. The molecule has 0 bridgehead atoms. The monoisotopic (exact) mass is 595 g/mol. The number of aryl methyl sites for hydroxylation is 1. The van der Waals surface area contributed by atoms with E-state index in [0.717, 1.165) is 78.4 Å². The Kier molecular flexibility index (Phi) is 7.76. The highest BCUT2D eigenvalue weighted by Gasteiger charge is 2.46. The van der Waals surface area contributed by atoms with Gasteiger partial charge in [0.15, 0.2) is 5.60 Å². The average molecular weight is 596 g/mol. The fourth-order valence-electron chi connectivity index (χ4n) is 6.40. The van der Waals surface area contributed by atoms with Crippen LogP contribution in [0.2, 0.25) is 0 Å². The first-order valence-corrected chi connectivity index (χ1v) is 14.5. The van der Waals surface area contributed by atoms with Gasteiger partial charge in [-0.3, -0.25) is 4.90 Å². The van der Waals surface area contributed by atoms with Crippen molar-refractivity contribution < 1.29 is 27.1 Å². The third-order valence-electron chi connectivity index (χ3n) is 8.44. The number of anilines is 1. The first-order valence-electron chi connectivity index (χ1n) is 14.5. The summed E-state index contributed by atoms with van der Waals surface area (Å²) < 4.78 is 60.1. The summed E-state index contributed by atoms with van der Waals surface area (Å²) in [6.45, 7) is 2.62. The number of aromatic nitrogens is 2. The Bertz CT molecular complexity index is 1580. The maximum absolute atomic E-state index is 13.7. The second-order valence-electron chi connectivity index (χ2n) is 11.2. The van der Waals surface area contributed by atoms with Crippen molar-refractivity contribution in [3.8, 4) is 11.1 Å². The minimum Gasteiger partial charge on any atom is -0.433 e. The van der Waals surface area contributed by atoms with Crippen LogP contribution in [0.15, 0.2) is 66.7 Å². The van der Waals surface area contributed by atoms with E-state index >= 15 is 0 Å². The zero-order valence-electron chi connectivity index (χ0n) is 23.8. The van der Waals surface area contributed by atoms with Gasteiger partial charge in [-0.05, 0) is 55.1 Å². The van der Waals surface area contributed by atoms with Crippen LogP contribution in [0.4, 0.5) is 28.3 Å². The van der Waals surface area contributed by atoms with Crippen LogP contribution < -0.4 is 10.2 Å². The molecule has 1 N–H and O–H groups in total. The Morgan fingerprint density at radius 3 is 2.26 bits per heavy atom. The Morgan fingerprint density at radius 1 is 0.953 bits per heavy atom. The second kappa shape index (κ2) is 11.5. The van der Waals surface area contributed by atoms with Crippen LogP contribution in [-0.4, -0.2) is 66.0 Å². The lowest BCUT2D eigenvalue weighted by atomic mass is 9.86. The lowest BCUT2D eigenvalue weighted by Gasteiger charge is -2.35. The molecule has 1 fully saturated rings.